The average molecular weight is 231 g/mol. The summed E-state index contributed by atoms with van der Waals surface area (Å²) < 4.78 is 0. The van der Waals surface area contributed by atoms with E-state index >= 15 is 0 Å². The van der Waals surface area contributed by atoms with Crippen LogP contribution in [0.1, 0.15) is 0 Å². The number of aromatic nitrogens is 2. The van der Waals surface area contributed by atoms with Crippen molar-refractivity contribution in [3.8, 4) is 0 Å². The molecule has 6 heteroatoms. The third-order valence-electron chi connectivity index (χ3n) is 2.39. The monoisotopic (exact) mass is 231 g/mol. The summed E-state index contributed by atoms with van der Waals surface area (Å²) in [5.74, 6) is 0.253. The maximum absolute atomic E-state index is 10.9. The summed E-state index contributed by atoms with van der Waals surface area (Å²) in [5.41, 5.74) is 12.2. The summed E-state index contributed by atoms with van der Waals surface area (Å²) in [4.78, 5) is 20.9. The van der Waals surface area contributed by atoms with Gasteiger partial charge in [-0.2, -0.15) is 0 Å². The van der Waals surface area contributed by atoms with Crippen molar-refractivity contribution in [3.05, 3.63) is 24.5 Å². The highest BCUT2D eigenvalue weighted by atomic mass is 16.1. The smallest absolute Gasteiger partial charge is 0.236 e. The number of fused-ring (bicyclic) bond motifs is 1. The number of rotatable bonds is 3. The zero-order valence-corrected chi connectivity index (χ0v) is 9.42. The van der Waals surface area contributed by atoms with Gasteiger partial charge in [-0.15, -0.1) is 0 Å². The van der Waals surface area contributed by atoms with Crippen molar-refractivity contribution >= 4 is 28.3 Å². The van der Waals surface area contributed by atoms with Gasteiger partial charge in [-0.25, -0.2) is 9.97 Å². The van der Waals surface area contributed by atoms with Crippen molar-refractivity contribution in [2.24, 2.45) is 5.73 Å². The van der Waals surface area contributed by atoms with Crippen molar-refractivity contribution < 1.29 is 4.79 Å². The van der Waals surface area contributed by atoms with Gasteiger partial charge in [0.05, 0.1) is 12.1 Å². The minimum Gasteiger partial charge on any atom is -0.399 e. The second kappa shape index (κ2) is 4.25. The normalized spacial score (nSPS) is 10.4. The fourth-order valence-corrected chi connectivity index (χ4v) is 1.67. The lowest BCUT2D eigenvalue weighted by Gasteiger charge is -2.17. The van der Waals surface area contributed by atoms with Gasteiger partial charge < -0.3 is 16.4 Å². The molecule has 0 aliphatic carbocycles. The third-order valence-corrected chi connectivity index (χ3v) is 2.39. The quantitative estimate of drug-likeness (QED) is 0.732. The zero-order valence-electron chi connectivity index (χ0n) is 9.42. The molecular formula is C11H13N5O. The molecule has 2 rings (SSSR count). The third kappa shape index (κ3) is 2.25. The molecule has 2 aromatic rings. The van der Waals surface area contributed by atoms with Crippen LogP contribution in [0.4, 0.5) is 11.5 Å². The van der Waals surface area contributed by atoms with Crippen LogP contribution in [0.25, 0.3) is 10.9 Å². The summed E-state index contributed by atoms with van der Waals surface area (Å²) in [6.45, 7) is 0.108. The zero-order chi connectivity index (χ0) is 12.4. The number of hydrogen-bond donors (Lipinski definition) is 2. The van der Waals surface area contributed by atoms with Gasteiger partial charge in [-0.05, 0) is 18.2 Å². The van der Waals surface area contributed by atoms with E-state index in [1.165, 1.54) is 6.33 Å². The number of carbonyl (C=O) groups excluding carboxylic acids is 1. The van der Waals surface area contributed by atoms with Crippen LogP contribution in [-0.4, -0.2) is 29.5 Å². The molecular weight excluding hydrogens is 218 g/mol. The van der Waals surface area contributed by atoms with E-state index in [-0.39, 0.29) is 6.54 Å². The molecule has 0 aliphatic heterocycles. The van der Waals surface area contributed by atoms with Crippen LogP contribution in [-0.2, 0) is 4.79 Å². The molecule has 0 saturated heterocycles. The fraction of sp³-hybridized carbons (Fsp3) is 0.182. The van der Waals surface area contributed by atoms with Gasteiger partial charge in [0.1, 0.15) is 12.1 Å². The first kappa shape index (κ1) is 11.1. The lowest BCUT2D eigenvalue weighted by Crippen LogP contribution is -2.31. The molecule has 0 saturated carbocycles. The standard InChI is InChI=1S/C11H13N5O/c1-16(5-10(13)17)11-8-3-2-7(12)4-9(8)14-6-15-11/h2-4,6H,5,12H2,1H3,(H2,13,17). The van der Waals surface area contributed by atoms with Gasteiger partial charge in [0, 0.05) is 18.1 Å². The molecule has 6 nitrogen and oxygen atoms in total. The van der Waals surface area contributed by atoms with E-state index in [0.717, 1.165) is 10.9 Å². The van der Waals surface area contributed by atoms with Gasteiger partial charge in [-0.1, -0.05) is 0 Å². The molecule has 0 radical (unpaired) electrons. The van der Waals surface area contributed by atoms with E-state index < -0.39 is 5.91 Å². The van der Waals surface area contributed by atoms with Crippen molar-refractivity contribution in [3.63, 3.8) is 0 Å². The van der Waals surface area contributed by atoms with Crippen LogP contribution < -0.4 is 16.4 Å². The molecule has 17 heavy (non-hydrogen) atoms. The van der Waals surface area contributed by atoms with Crippen LogP contribution >= 0.6 is 0 Å². The molecule has 0 bridgehead atoms. The van der Waals surface area contributed by atoms with Crippen molar-refractivity contribution in [1.29, 1.82) is 0 Å². The Hall–Kier alpha value is -2.37. The lowest BCUT2D eigenvalue weighted by atomic mass is 10.2. The summed E-state index contributed by atoms with van der Waals surface area (Å²) in [5, 5.41) is 0.838. The summed E-state index contributed by atoms with van der Waals surface area (Å²) >= 11 is 0. The maximum atomic E-state index is 10.9. The Morgan fingerprint density at radius 2 is 2.18 bits per heavy atom. The molecule has 0 aliphatic rings. The maximum Gasteiger partial charge on any atom is 0.236 e. The Labute approximate surface area is 98.2 Å². The highest BCUT2D eigenvalue weighted by Gasteiger charge is 2.10. The van der Waals surface area contributed by atoms with E-state index in [0.29, 0.717) is 11.5 Å². The van der Waals surface area contributed by atoms with Gasteiger partial charge >= 0.3 is 0 Å². The van der Waals surface area contributed by atoms with Crippen LogP contribution in [0.5, 0.6) is 0 Å². The molecule has 0 spiro atoms. The van der Waals surface area contributed by atoms with Crippen LogP contribution in [0.2, 0.25) is 0 Å². The predicted octanol–water partition coefficient (Wildman–Crippen LogP) is 0.134. The topological polar surface area (TPSA) is 98.1 Å². The number of primary amides is 1. The number of nitrogens with zero attached hydrogens (tertiary/aromatic N) is 3. The van der Waals surface area contributed by atoms with Gasteiger partial charge in [0.25, 0.3) is 0 Å². The first-order valence-electron chi connectivity index (χ1n) is 5.07. The molecule has 1 aromatic carbocycles. The molecule has 4 N–H and O–H groups in total. The molecule has 0 fully saturated rings. The minimum atomic E-state index is -0.408. The Kier molecular flexibility index (Phi) is 2.78. The Bertz CT molecular complexity index is 569. The average Bonchev–Trinajstić information content (AvgIpc) is 2.26. The lowest BCUT2D eigenvalue weighted by molar-refractivity contribution is -0.116. The minimum absolute atomic E-state index is 0.108. The number of amides is 1. The Balaban J connectivity index is 2.50. The molecule has 1 amide bonds. The van der Waals surface area contributed by atoms with E-state index in [1.807, 2.05) is 6.07 Å². The largest absolute Gasteiger partial charge is 0.399 e. The molecule has 88 valence electrons. The number of nitrogen functional groups attached to an aromatic ring is 1. The highest BCUT2D eigenvalue weighted by molar-refractivity contribution is 5.92. The number of likely N-dealkylation sites (N-methyl/N-ethyl adjacent to an activating group) is 1. The number of carbonyl (C=O) groups is 1. The van der Waals surface area contributed by atoms with E-state index in [2.05, 4.69) is 9.97 Å². The summed E-state index contributed by atoms with van der Waals surface area (Å²) in [6, 6.07) is 5.36. The first-order chi connectivity index (χ1) is 8.08. The number of anilines is 2. The second-order valence-corrected chi connectivity index (χ2v) is 3.80. The summed E-state index contributed by atoms with van der Waals surface area (Å²) in [6.07, 6.45) is 1.44. The van der Waals surface area contributed by atoms with Gasteiger partial charge in [0.2, 0.25) is 5.91 Å². The molecule has 1 aromatic heterocycles. The van der Waals surface area contributed by atoms with Gasteiger partial charge in [-0.3, -0.25) is 4.79 Å². The van der Waals surface area contributed by atoms with Crippen molar-refractivity contribution in [2.75, 3.05) is 24.2 Å². The Morgan fingerprint density at radius 1 is 1.41 bits per heavy atom. The van der Waals surface area contributed by atoms with Crippen molar-refractivity contribution in [2.45, 2.75) is 0 Å². The van der Waals surface area contributed by atoms with E-state index in [4.69, 9.17) is 11.5 Å². The Morgan fingerprint density at radius 3 is 2.88 bits per heavy atom. The highest BCUT2D eigenvalue weighted by Crippen LogP contribution is 2.23. The molecule has 0 unspecified atom stereocenters. The molecule has 1 heterocycles. The number of benzene rings is 1. The van der Waals surface area contributed by atoms with Gasteiger partial charge in [0.15, 0.2) is 0 Å². The number of nitrogens with two attached hydrogens (primary N) is 2. The molecule has 0 atom stereocenters. The van der Waals surface area contributed by atoms with E-state index in [1.54, 1.807) is 24.1 Å². The van der Waals surface area contributed by atoms with Crippen LogP contribution in [0.15, 0.2) is 24.5 Å². The predicted molar refractivity (Wildman–Crippen MR) is 66.4 cm³/mol. The van der Waals surface area contributed by atoms with Crippen LogP contribution in [0, 0.1) is 0 Å². The van der Waals surface area contributed by atoms with Crippen LogP contribution in [0.3, 0.4) is 0 Å². The van der Waals surface area contributed by atoms with Crippen molar-refractivity contribution in [1.82, 2.24) is 9.97 Å². The van der Waals surface area contributed by atoms with E-state index in [9.17, 15) is 4.79 Å². The fourth-order valence-electron chi connectivity index (χ4n) is 1.67. The summed E-state index contributed by atoms with van der Waals surface area (Å²) in [7, 11) is 1.75. The second-order valence-electron chi connectivity index (χ2n) is 3.80. The SMILES string of the molecule is CN(CC(N)=O)c1ncnc2cc(N)ccc12. The number of hydrogen-bond acceptors (Lipinski definition) is 5. The first-order valence-corrected chi connectivity index (χ1v) is 5.07.